The number of hydrogen-bond donors (Lipinski definition) is 2. The average molecular weight is 499 g/mol. The van der Waals surface area contributed by atoms with Crippen LogP contribution in [0.2, 0.25) is 0 Å². The molecule has 12 heteroatoms. The van der Waals surface area contributed by atoms with E-state index in [4.69, 9.17) is 4.74 Å². The third-order valence-electron chi connectivity index (χ3n) is 5.60. The van der Waals surface area contributed by atoms with E-state index in [0.29, 0.717) is 12.4 Å². The molecule has 1 aliphatic rings. The summed E-state index contributed by atoms with van der Waals surface area (Å²) in [5.74, 6) is 0.695. The summed E-state index contributed by atoms with van der Waals surface area (Å²) in [6.07, 6.45) is 3.99. The van der Waals surface area contributed by atoms with Gasteiger partial charge in [0.2, 0.25) is 10.0 Å². The van der Waals surface area contributed by atoms with Crippen molar-refractivity contribution in [3.8, 4) is 22.6 Å². The minimum atomic E-state index is -3.66. The molecule has 184 valence electrons. The van der Waals surface area contributed by atoms with E-state index in [9.17, 15) is 18.3 Å². The Bertz CT molecular complexity index is 1310. The van der Waals surface area contributed by atoms with Crippen LogP contribution in [0.15, 0.2) is 48.8 Å². The molecular formula is C23H26N6O5S. The minimum Gasteiger partial charge on any atom is -0.506 e. The molecule has 0 radical (unpaired) electrons. The molecule has 0 spiro atoms. The molecule has 0 atom stereocenters. The molecule has 1 aromatic carbocycles. The smallest absolute Gasteiger partial charge is 0.285 e. The monoisotopic (exact) mass is 498 g/mol. The van der Waals surface area contributed by atoms with Gasteiger partial charge in [0, 0.05) is 50.0 Å². The Morgan fingerprint density at radius 2 is 1.83 bits per heavy atom. The molecule has 0 bridgehead atoms. The highest BCUT2D eigenvalue weighted by Gasteiger charge is 2.21. The van der Waals surface area contributed by atoms with Gasteiger partial charge in [-0.1, -0.05) is 12.1 Å². The van der Waals surface area contributed by atoms with Crippen molar-refractivity contribution < 1.29 is 23.1 Å². The van der Waals surface area contributed by atoms with Gasteiger partial charge in [-0.25, -0.2) is 13.1 Å². The number of hydrogen-bond acceptors (Lipinski definition) is 10. The summed E-state index contributed by atoms with van der Waals surface area (Å²) in [6.45, 7) is 3.74. The zero-order valence-electron chi connectivity index (χ0n) is 19.4. The quantitative estimate of drug-likeness (QED) is 0.490. The summed E-state index contributed by atoms with van der Waals surface area (Å²) in [7, 11) is -2.02. The number of amides is 1. The molecular weight excluding hydrogens is 472 g/mol. The Morgan fingerprint density at radius 1 is 1.06 bits per heavy atom. The number of nitrogens with one attached hydrogen (secondary N) is 1. The molecule has 0 saturated carbocycles. The summed E-state index contributed by atoms with van der Waals surface area (Å²) in [6, 6.07) is 10.7. The van der Waals surface area contributed by atoms with E-state index in [0.717, 1.165) is 54.9 Å². The Labute approximate surface area is 203 Å². The Hall–Kier alpha value is -3.77. The molecule has 1 fully saturated rings. The maximum absolute atomic E-state index is 11.9. The number of anilines is 1. The van der Waals surface area contributed by atoms with Crippen molar-refractivity contribution in [2.45, 2.75) is 6.54 Å². The molecule has 11 nitrogen and oxygen atoms in total. The normalized spacial score (nSPS) is 14.5. The van der Waals surface area contributed by atoms with E-state index in [-0.39, 0.29) is 11.4 Å². The van der Waals surface area contributed by atoms with Crippen LogP contribution in [0.4, 0.5) is 5.82 Å². The topological polar surface area (TPSA) is 138 Å². The van der Waals surface area contributed by atoms with Crippen molar-refractivity contribution in [1.29, 1.82) is 0 Å². The predicted molar refractivity (Wildman–Crippen MR) is 130 cm³/mol. The van der Waals surface area contributed by atoms with E-state index < -0.39 is 15.9 Å². The van der Waals surface area contributed by atoms with Crippen LogP contribution in [0, 0.1) is 0 Å². The lowest BCUT2D eigenvalue weighted by molar-refractivity contribution is 0.0976. The Balaban J connectivity index is 1.36. The van der Waals surface area contributed by atoms with Crippen LogP contribution in [0.3, 0.4) is 0 Å². The van der Waals surface area contributed by atoms with Crippen LogP contribution in [0.1, 0.15) is 16.1 Å². The van der Waals surface area contributed by atoms with E-state index >= 15 is 0 Å². The molecule has 1 amide bonds. The van der Waals surface area contributed by atoms with Crippen molar-refractivity contribution in [3.63, 3.8) is 0 Å². The highest BCUT2D eigenvalue weighted by molar-refractivity contribution is 7.89. The number of ether oxygens (including phenoxy) is 1. The van der Waals surface area contributed by atoms with E-state index in [2.05, 4.69) is 25.0 Å². The number of aromatic nitrogens is 3. The number of carbonyl (C=O) groups excluding carboxylic acids is 1. The van der Waals surface area contributed by atoms with Gasteiger partial charge in [-0.2, -0.15) is 0 Å². The third kappa shape index (κ3) is 6.22. The fourth-order valence-electron chi connectivity index (χ4n) is 3.85. The van der Waals surface area contributed by atoms with Gasteiger partial charge in [-0.3, -0.25) is 14.7 Å². The van der Waals surface area contributed by atoms with Crippen molar-refractivity contribution >= 4 is 21.7 Å². The van der Waals surface area contributed by atoms with Gasteiger partial charge in [0.25, 0.3) is 5.91 Å². The number of methoxy groups -OCH3 is 1. The number of aromatic hydroxyl groups is 1. The zero-order chi connectivity index (χ0) is 25.0. The molecule has 3 heterocycles. The van der Waals surface area contributed by atoms with E-state index in [1.54, 1.807) is 25.4 Å². The van der Waals surface area contributed by atoms with Gasteiger partial charge in [0.15, 0.2) is 11.5 Å². The van der Waals surface area contributed by atoms with Crippen molar-refractivity contribution in [2.24, 2.45) is 0 Å². The summed E-state index contributed by atoms with van der Waals surface area (Å²) in [5.41, 5.74) is 2.71. The highest BCUT2D eigenvalue weighted by Crippen LogP contribution is 2.29. The largest absolute Gasteiger partial charge is 0.506 e. The van der Waals surface area contributed by atoms with Crippen molar-refractivity contribution in [1.82, 2.24) is 24.8 Å². The number of rotatable bonds is 7. The fraction of sp³-hybridized carbons (Fsp3) is 0.304. The first-order valence-electron chi connectivity index (χ1n) is 10.9. The van der Waals surface area contributed by atoms with Crippen LogP contribution in [-0.2, 0) is 16.6 Å². The number of nitrogens with zero attached hydrogens (tertiary/aromatic N) is 5. The van der Waals surface area contributed by atoms with Crippen LogP contribution >= 0.6 is 0 Å². The Morgan fingerprint density at radius 3 is 2.46 bits per heavy atom. The molecule has 2 aromatic heterocycles. The number of piperazine rings is 1. The van der Waals surface area contributed by atoms with Gasteiger partial charge in [0.1, 0.15) is 11.5 Å². The maximum atomic E-state index is 11.9. The van der Waals surface area contributed by atoms with Gasteiger partial charge in [-0.05, 0) is 29.8 Å². The lowest BCUT2D eigenvalue weighted by Gasteiger charge is -2.35. The third-order valence-corrected chi connectivity index (χ3v) is 6.15. The lowest BCUT2D eigenvalue weighted by Crippen LogP contribution is -2.46. The first-order chi connectivity index (χ1) is 16.7. The SMILES string of the molecule is COc1cc(-c2cncc(O)c2)ccc1CN1CCN(c2ccc(C(=O)NS(C)(=O)=O)nn2)CC1. The first-order valence-corrected chi connectivity index (χ1v) is 12.8. The fourth-order valence-corrected chi connectivity index (χ4v) is 4.29. The second kappa shape index (κ2) is 10.2. The van der Waals surface area contributed by atoms with Crippen molar-refractivity contribution in [2.75, 3.05) is 44.4 Å². The summed E-state index contributed by atoms with van der Waals surface area (Å²) < 4.78 is 29.9. The molecule has 1 saturated heterocycles. The van der Waals surface area contributed by atoms with Gasteiger partial charge in [-0.15, -0.1) is 10.2 Å². The molecule has 35 heavy (non-hydrogen) atoms. The summed E-state index contributed by atoms with van der Waals surface area (Å²) >= 11 is 0. The molecule has 0 aliphatic carbocycles. The minimum absolute atomic E-state index is 0.0603. The average Bonchev–Trinajstić information content (AvgIpc) is 2.84. The first kappa shape index (κ1) is 24.4. The number of pyridine rings is 1. The van der Waals surface area contributed by atoms with Crippen LogP contribution in [-0.4, -0.2) is 79.1 Å². The van der Waals surface area contributed by atoms with E-state index in [1.807, 2.05) is 22.9 Å². The van der Waals surface area contributed by atoms with Crippen LogP contribution in [0.25, 0.3) is 11.1 Å². The number of sulfonamides is 1. The molecule has 0 unspecified atom stereocenters. The standard InChI is InChI=1S/C23H26N6O5S/c1-34-21-12-16(18-11-19(30)14-24-13-18)3-4-17(21)15-28-7-9-29(10-8-28)22-6-5-20(25-26-22)23(31)27-35(2,32)33/h3-6,11-14,30H,7-10,15H2,1-2H3,(H,27,31). The Kier molecular flexibility index (Phi) is 7.12. The second-order valence-electron chi connectivity index (χ2n) is 8.20. The van der Waals surface area contributed by atoms with Gasteiger partial charge in [0.05, 0.1) is 19.6 Å². The molecule has 3 aromatic rings. The highest BCUT2D eigenvalue weighted by atomic mass is 32.2. The maximum Gasteiger partial charge on any atom is 0.285 e. The van der Waals surface area contributed by atoms with E-state index in [1.165, 1.54) is 12.3 Å². The van der Waals surface area contributed by atoms with Gasteiger partial charge < -0.3 is 14.7 Å². The summed E-state index contributed by atoms with van der Waals surface area (Å²) in [5, 5.41) is 17.7. The molecule has 2 N–H and O–H groups in total. The van der Waals surface area contributed by atoms with Gasteiger partial charge >= 0.3 is 0 Å². The molecule has 4 rings (SSSR count). The second-order valence-corrected chi connectivity index (χ2v) is 9.95. The van der Waals surface area contributed by atoms with Crippen LogP contribution < -0.4 is 14.4 Å². The number of benzene rings is 1. The zero-order valence-corrected chi connectivity index (χ0v) is 20.2. The van der Waals surface area contributed by atoms with Crippen LogP contribution in [0.5, 0.6) is 11.5 Å². The van der Waals surface area contributed by atoms with Crippen molar-refractivity contribution in [3.05, 3.63) is 60.0 Å². The molecule has 1 aliphatic heterocycles. The predicted octanol–water partition coefficient (Wildman–Crippen LogP) is 1.26. The summed E-state index contributed by atoms with van der Waals surface area (Å²) in [4.78, 5) is 20.3. The number of carbonyl (C=O) groups is 1. The lowest BCUT2D eigenvalue weighted by atomic mass is 10.0.